The van der Waals surface area contributed by atoms with Crippen LogP contribution < -0.4 is 5.32 Å². The van der Waals surface area contributed by atoms with Crippen molar-refractivity contribution in [2.75, 3.05) is 19.6 Å². The number of likely N-dealkylation sites (tertiary alicyclic amines) is 1. The molecule has 1 heterocycles. The molecule has 1 aliphatic heterocycles. The molecule has 0 aliphatic carbocycles. The highest BCUT2D eigenvalue weighted by atomic mass is 19.1. The predicted molar refractivity (Wildman–Crippen MR) is 103 cm³/mol. The van der Waals surface area contributed by atoms with Gasteiger partial charge in [-0.25, -0.2) is 4.39 Å². The lowest BCUT2D eigenvalue weighted by molar-refractivity contribution is 0.0932. The van der Waals surface area contributed by atoms with Crippen LogP contribution in [-0.2, 0) is 0 Å². The van der Waals surface area contributed by atoms with Crippen molar-refractivity contribution in [3.05, 3.63) is 71.0 Å². The van der Waals surface area contributed by atoms with Crippen LogP contribution in [0.4, 0.5) is 4.39 Å². The van der Waals surface area contributed by atoms with Gasteiger partial charge in [-0.3, -0.25) is 9.69 Å². The Morgan fingerprint density at radius 1 is 1.11 bits per heavy atom. The standard InChI is InChI=1S/C22H24FN3O/c23-20-13-17(15-24)12-19(14-20)22(27)25-16-21(18-8-4-3-5-9-18)26-10-6-1-2-7-11-26/h3-5,8-9,12-14,21H,1-2,6-7,10-11,16H2,(H,25,27)/t21-/m0/s1. The maximum Gasteiger partial charge on any atom is 0.251 e. The summed E-state index contributed by atoms with van der Waals surface area (Å²) in [6.07, 6.45) is 4.80. The molecule has 0 unspecified atom stereocenters. The first-order valence-corrected chi connectivity index (χ1v) is 9.45. The number of nitriles is 1. The highest BCUT2D eigenvalue weighted by Crippen LogP contribution is 2.24. The van der Waals surface area contributed by atoms with Crippen molar-refractivity contribution in [3.63, 3.8) is 0 Å². The number of rotatable bonds is 5. The maximum absolute atomic E-state index is 13.6. The molecular weight excluding hydrogens is 341 g/mol. The SMILES string of the molecule is N#Cc1cc(F)cc(C(=O)NC[C@@H](c2ccccc2)N2CCCCCC2)c1. The van der Waals surface area contributed by atoms with Crippen LogP contribution in [0.25, 0.3) is 0 Å². The largest absolute Gasteiger partial charge is 0.350 e. The minimum atomic E-state index is -0.577. The zero-order valence-corrected chi connectivity index (χ0v) is 15.3. The molecule has 1 aliphatic rings. The second-order valence-electron chi connectivity index (χ2n) is 6.93. The Morgan fingerprint density at radius 2 is 1.81 bits per heavy atom. The van der Waals surface area contributed by atoms with E-state index >= 15 is 0 Å². The van der Waals surface area contributed by atoms with Crippen LogP contribution in [0.3, 0.4) is 0 Å². The van der Waals surface area contributed by atoms with Crippen molar-refractivity contribution in [2.45, 2.75) is 31.7 Å². The average molecular weight is 365 g/mol. The summed E-state index contributed by atoms with van der Waals surface area (Å²) in [6, 6.07) is 15.8. The molecule has 1 saturated heterocycles. The second-order valence-corrected chi connectivity index (χ2v) is 6.93. The smallest absolute Gasteiger partial charge is 0.251 e. The van der Waals surface area contributed by atoms with E-state index in [2.05, 4.69) is 22.3 Å². The molecule has 1 atom stereocenters. The van der Waals surface area contributed by atoms with Gasteiger partial charge < -0.3 is 5.32 Å². The van der Waals surface area contributed by atoms with Gasteiger partial charge in [0.05, 0.1) is 17.7 Å². The molecule has 27 heavy (non-hydrogen) atoms. The number of carbonyl (C=O) groups excluding carboxylic acids is 1. The molecule has 1 fully saturated rings. The fourth-order valence-corrected chi connectivity index (χ4v) is 3.62. The molecule has 1 N–H and O–H groups in total. The van der Waals surface area contributed by atoms with E-state index in [0.717, 1.165) is 37.6 Å². The van der Waals surface area contributed by atoms with E-state index in [4.69, 9.17) is 5.26 Å². The fourth-order valence-electron chi connectivity index (χ4n) is 3.62. The number of amides is 1. The normalized spacial score (nSPS) is 16.1. The van der Waals surface area contributed by atoms with E-state index in [9.17, 15) is 9.18 Å². The van der Waals surface area contributed by atoms with Gasteiger partial charge in [-0.1, -0.05) is 43.2 Å². The Labute approximate surface area is 159 Å². The first-order chi connectivity index (χ1) is 13.2. The minimum absolute atomic E-state index is 0.0808. The van der Waals surface area contributed by atoms with Crippen molar-refractivity contribution in [2.24, 2.45) is 0 Å². The summed E-state index contributed by atoms with van der Waals surface area (Å²) in [5.74, 6) is -0.937. The number of nitrogens with zero attached hydrogens (tertiary/aromatic N) is 2. The van der Waals surface area contributed by atoms with Crippen molar-refractivity contribution >= 4 is 5.91 Å². The first-order valence-electron chi connectivity index (χ1n) is 9.45. The summed E-state index contributed by atoms with van der Waals surface area (Å²) in [5, 5.41) is 11.9. The summed E-state index contributed by atoms with van der Waals surface area (Å²) in [6.45, 7) is 2.46. The average Bonchev–Trinajstić information content (AvgIpc) is 2.98. The minimum Gasteiger partial charge on any atom is -0.350 e. The number of hydrogen-bond donors (Lipinski definition) is 1. The van der Waals surface area contributed by atoms with Crippen molar-refractivity contribution in [1.29, 1.82) is 5.26 Å². The van der Waals surface area contributed by atoms with Crippen LogP contribution in [0.1, 0.15) is 53.2 Å². The van der Waals surface area contributed by atoms with Gasteiger partial charge in [0.1, 0.15) is 5.82 Å². The van der Waals surface area contributed by atoms with E-state index in [1.807, 2.05) is 24.3 Å². The third-order valence-corrected chi connectivity index (χ3v) is 5.01. The summed E-state index contributed by atoms with van der Waals surface area (Å²) in [4.78, 5) is 15.0. The molecule has 0 aromatic heterocycles. The lowest BCUT2D eigenvalue weighted by Gasteiger charge is -2.31. The highest BCUT2D eigenvalue weighted by molar-refractivity contribution is 5.94. The van der Waals surface area contributed by atoms with Crippen molar-refractivity contribution in [3.8, 4) is 6.07 Å². The summed E-state index contributed by atoms with van der Waals surface area (Å²) in [5.41, 5.74) is 1.48. The van der Waals surface area contributed by atoms with Gasteiger partial charge in [-0.2, -0.15) is 5.26 Å². The van der Waals surface area contributed by atoms with Crippen molar-refractivity contribution < 1.29 is 9.18 Å². The number of carbonyl (C=O) groups is 1. The molecule has 0 bridgehead atoms. The maximum atomic E-state index is 13.6. The second kappa shape index (κ2) is 9.29. The fraction of sp³-hybridized carbons (Fsp3) is 0.364. The van der Waals surface area contributed by atoms with Gasteiger partial charge in [0, 0.05) is 12.1 Å². The molecule has 0 spiro atoms. The van der Waals surface area contributed by atoms with E-state index in [1.54, 1.807) is 0 Å². The molecule has 0 radical (unpaired) electrons. The lowest BCUT2D eigenvalue weighted by Crippen LogP contribution is -2.38. The van der Waals surface area contributed by atoms with Gasteiger partial charge in [-0.05, 0) is 49.7 Å². The van der Waals surface area contributed by atoms with Crippen LogP contribution in [0.2, 0.25) is 0 Å². The Kier molecular flexibility index (Phi) is 6.56. The predicted octanol–water partition coefficient (Wildman–Crippen LogP) is 4.04. The molecule has 0 saturated carbocycles. The monoisotopic (exact) mass is 365 g/mol. The third kappa shape index (κ3) is 5.15. The summed E-state index contributed by atoms with van der Waals surface area (Å²) in [7, 11) is 0. The van der Waals surface area contributed by atoms with Gasteiger partial charge in [0.15, 0.2) is 0 Å². The summed E-state index contributed by atoms with van der Waals surface area (Å²) >= 11 is 0. The Morgan fingerprint density at radius 3 is 2.48 bits per heavy atom. The molecule has 5 heteroatoms. The Bertz CT molecular complexity index is 808. The number of halogens is 1. The van der Waals surface area contributed by atoms with Crippen LogP contribution in [0.5, 0.6) is 0 Å². The molecular formula is C22H24FN3O. The van der Waals surface area contributed by atoms with Gasteiger partial charge in [-0.15, -0.1) is 0 Å². The van der Waals surface area contributed by atoms with Crippen LogP contribution in [-0.4, -0.2) is 30.4 Å². The number of hydrogen-bond acceptors (Lipinski definition) is 3. The van der Waals surface area contributed by atoms with Crippen LogP contribution >= 0.6 is 0 Å². The zero-order valence-electron chi connectivity index (χ0n) is 15.3. The Balaban J connectivity index is 1.75. The molecule has 2 aromatic carbocycles. The zero-order chi connectivity index (χ0) is 19.1. The van der Waals surface area contributed by atoms with Crippen LogP contribution in [0, 0.1) is 17.1 Å². The number of benzene rings is 2. The highest BCUT2D eigenvalue weighted by Gasteiger charge is 2.22. The lowest BCUT2D eigenvalue weighted by atomic mass is 10.0. The third-order valence-electron chi connectivity index (χ3n) is 5.01. The Hall–Kier alpha value is -2.71. The summed E-state index contributed by atoms with van der Waals surface area (Å²) < 4.78 is 13.6. The van der Waals surface area contributed by atoms with E-state index in [0.29, 0.717) is 6.54 Å². The first kappa shape index (κ1) is 19.1. The number of nitrogens with one attached hydrogen (secondary N) is 1. The van der Waals surface area contributed by atoms with Gasteiger partial charge in [0.2, 0.25) is 0 Å². The van der Waals surface area contributed by atoms with E-state index in [1.165, 1.54) is 25.0 Å². The van der Waals surface area contributed by atoms with Crippen LogP contribution in [0.15, 0.2) is 48.5 Å². The van der Waals surface area contributed by atoms with Gasteiger partial charge in [0.25, 0.3) is 5.91 Å². The molecule has 2 aromatic rings. The van der Waals surface area contributed by atoms with E-state index in [-0.39, 0.29) is 23.1 Å². The molecule has 1 amide bonds. The topological polar surface area (TPSA) is 56.1 Å². The quantitative estimate of drug-likeness (QED) is 0.870. The molecule has 4 nitrogen and oxygen atoms in total. The van der Waals surface area contributed by atoms with E-state index < -0.39 is 5.82 Å². The molecule has 3 rings (SSSR count). The van der Waals surface area contributed by atoms with Crippen molar-refractivity contribution in [1.82, 2.24) is 10.2 Å². The van der Waals surface area contributed by atoms with Gasteiger partial charge >= 0.3 is 0 Å². The molecule has 140 valence electrons.